The van der Waals surface area contributed by atoms with Gasteiger partial charge in [-0.05, 0) is 83.5 Å². The van der Waals surface area contributed by atoms with E-state index in [1.54, 1.807) is 6.08 Å². The van der Waals surface area contributed by atoms with Crippen molar-refractivity contribution in [3.8, 4) is 0 Å². The number of quaternary nitrogens is 1. The Morgan fingerprint density at radius 1 is 0.571 bits per heavy atom. The van der Waals surface area contributed by atoms with E-state index < -0.39 is 26.6 Å². The van der Waals surface area contributed by atoms with Crippen LogP contribution in [0.15, 0.2) is 109 Å². The third-order valence-corrected chi connectivity index (χ3v) is 11.2. The summed E-state index contributed by atoms with van der Waals surface area (Å²) in [6.45, 7) is 4.47. The first-order valence-electron chi connectivity index (χ1n) is 24.7. The van der Waals surface area contributed by atoms with Gasteiger partial charge in [0.05, 0.1) is 39.9 Å². The summed E-state index contributed by atoms with van der Waals surface area (Å²) in [5.74, 6) is -0.245. The summed E-state index contributed by atoms with van der Waals surface area (Å²) in [6, 6.07) is -0.917. The molecule has 0 rings (SSSR count). The third-order valence-electron chi connectivity index (χ3n) is 10.2. The number of carbonyl (C=O) groups is 1. The molecule has 0 saturated heterocycles. The molecule has 0 aliphatic rings. The molecule has 0 spiro atoms. The fraction of sp³-hybridized carbons (Fsp3) is 0.648. The van der Waals surface area contributed by atoms with Gasteiger partial charge in [0, 0.05) is 6.42 Å². The van der Waals surface area contributed by atoms with E-state index in [1.807, 2.05) is 27.2 Å². The molecule has 0 aliphatic heterocycles. The molecule has 0 heterocycles. The molecule has 360 valence electrons. The Labute approximate surface area is 387 Å². The third kappa shape index (κ3) is 47.0. The van der Waals surface area contributed by atoms with E-state index in [9.17, 15) is 19.4 Å². The van der Waals surface area contributed by atoms with Crippen molar-refractivity contribution in [2.24, 2.45) is 0 Å². The first-order chi connectivity index (χ1) is 30.5. The van der Waals surface area contributed by atoms with Crippen LogP contribution >= 0.6 is 7.82 Å². The topological polar surface area (TPSA) is 108 Å². The lowest BCUT2D eigenvalue weighted by molar-refractivity contribution is -0.870. The van der Waals surface area contributed by atoms with Gasteiger partial charge in [-0.1, -0.05) is 194 Å². The molecule has 0 bridgehead atoms. The lowest BCUT2D eigenvalue weighted by Crippen LogP contribution is -2.45. The second-order valence-electron chi connectivity index (χ2n) is 17.4. The normalized spacial score (nSPS) is 15.1. The second kappa shape index (κ2) is 44.4. The van der Waals surface area contributed by atoms with E-state index in [1.165, 1.54) is 64.2 Å². The Balaban J connectivity index is 4.43. The van der Waals surface area contributed by atoms with Crippen molar-refractivity contribution < 1.29 is 32.9 Å². The van der Waals surface area contributed by atoms with E-state index in [0.29, 0.717) is 17.4 Å². The average Bonchev–Trinajstić information content (AvgIpc) is 3.24. The molecule has 3 atom stereocenters. The number of phosphoric acid groups is 1. The van der Waals surface area contributed by atoms with Crippen LogP contribution in [0.1, 0.15) is 174 Å². The number of hydrogen-bond donors (Lipinski definition) is 2. The Hall–Kier alpha value is -2.84. The second-order valence-corrected chi connectivity index (χ2v) is 18.8. The molecule has 2 N–H and O–H groups in total. The highest BCUT2D eigenvalue weighted by Crippen LogP contribution is 2.38. The Morgan fingerprint density at radius 3 is 1.41 bits per heavy atom. The van der Waals surface area contributed by atoms with Gasteiger partial charge in [0.2, 0.25) is 5.91 Å². The quantitative estimate of drug-likeness (QED) is 0.0273. The largest absolute Gasteiger partial charge is 0.756 e. The highest BCUT2D eigenvalue weighted by Gasteiger charge is 2.23. The van der Waals surface area contributed by atoms with Gasteiger partial charge in [-0.25, -0.2) is 0 Å². The Bertz CT molecular complexity index is 1390. The van der Waals surface area contributed by atoms with Gasteiger partial charge in [-0.2, -0.15) is 0 Å². The highest BCUT2D eigenvalue weighted by molar-refractivity contribution is 7.45. The molecule has 0 fully saturated rings. The fourth-order valence-corrected chi connectivity index (χ4v) is 7.07. The van der Waals surface area contributed by atoms with Crippen LogP contribution < -0.4 is 10.2 Å². The molecule has 0 aromatic heterocycles. The maximum Gasteiger partial charge on any atom is 0.268 e. The molecule has 0 aromatic carbocycles. The van der Waals surface area contributed by atoms with Gasteiger partial charge in [0.1, 0.15) is 13.2 Å². The molecule has 0 aromatic rings. The predicted molar refractivity (Wildman–Crippen MR) is 269 cm³/mol. The number of rotatable bonds is 43. The van der Waals surface area contributed by atoms with Crippen LogP contribution in [0.25, 0.3) is 0 Å². The van der Waals surface area contributed by atoms with Gasteiger partial charge in [0.15, 0.2) is 0 Å². The number of amides is 1. The van der Waals surface area contributed by atoms with Crippen LogP contribution in [-0.4, -0.2) is 68.5 Å². The number of likely N-dealkylation sites (N-methyl/N-ethyl adjacent to an activating group) is 1. The van der Waals surface area contributed by atoms with Crippen molar-refractivity contribution in [3.63, 3.8) is 0 Å². The SMILES string of the molecule is CC/C=C\C/C=C\C/C=C\C/C=C\C/C=C\C/C=C\C/C=C\C/C=C\CCCCC(=O)NC(COP(=O)([O-])OCC[N+](C)(C)C)C(O)/C=C/CCCCCCCCCCCCCC. The maximum atomic E-state index is 12.9. The number of nitrogens with zero attached hydrogens (tertiary/aromatic N) is 1. The zero-order chi connectivity index (χ0) is 46.4. The summed E-state index contributed by atoms with van der Waals surface area (Å²) >= 11 is 0. The van der Waals surface area contributed by atoms with Gasteiger partial charge in [0.25, 0.3) is 7.82 Å². The van der Waals surface area contributed by atoms with Crippen LogP contribution in [0.4, 0.5) is 0 Å². The molecule has 1 amide bonds. The zero-order valence-corrected chi connectivity index (χ0v) is 41.6. The number of carbonyl (C=O) groups excluding carboxylic acids is 1. The van der Waals surface area contributed by atoms with Gasteiger partial charge >= 0.3 is 0 Å². The van der Waals surface area contributed by atoms with Crippen molar-refractivity contribution in [1.82, 2.24) is 5.32 Å². The van der Waals surface area contributed by atoms with Crippen molar-refractivity contribution >= 4 is 13.7 Å². The van der Waals surface area contributed by atoms with E-state index in [4.69, 9.17) is 9.05 Å². The molecular formula is C54H93N2O6P. The summed E-state index contributed by atoms with van der Waals surface area (Å²) < 4.78 is 23.2. The summed E-state index contributed by atoms with van der Waals surface area (Å²) in [6.07, 6.45) is 64.3. The maximum absolute atomic E-state index is 12.9. The van der Waals surface area contributed by atoms with Crippen LogP contribution in [0.2, 0.25) is 0 Å². The standard InChI is InChI=1S/C54H93N2O6P/c1-6-8-10-12-14-16-18-20-22-23-24-25-26-27-28-29-30-31-32-33-34-36-38-40-42-44-46-48-54(58)55-52(51-62-63(59,60)61-50-49-56(3,4)5)53(57)47-45-43-41-39-37-35-21-19-17-15-13-11-9-7-2/h8,10,14,16,20,22,24-25,27-28,30-31,33-34,38,40,45,47,52-53,57H,6-7,9,11-13,15,17-19,21,23,26,29,32,35-37,39,41-44,46,48-51H2,1-5H3,(H-,55,58,59,60)/b10-8-,16-14-,22-20-,25-24-,28-27-,31-30-,34-33-,40-38-,47-45+. The molecule has 0 aliphatic carbocycles. The highest BCUT2D eigenvalue weighted by atomic mass is 31.2. The van der Waals surface area contributed by atoms with Crippen LogP contribution in [-0.2, 0) is 18.4 Å². The summed E-state index contributed by atoms with van der Waals surface area (Å²) in [5, 5.41) is 13.8. The lowest BCUT2D eigenvalue weighted by Gasteiger charge is -2.29. The van der Waals surface area contributed by atoms with E-state index in [-0.39, 0.29) is 18.9 Å². The van der Waals surface area contributed by atoms with Gasteiger partial charge < -0.3 is 28.8 Å². The first kappa shape index (κ1) is 60.2. The Kier molecular flexibility index (Phi) is 42.4. The van der Waals surface area contributed by atoms with Crippen LogP contribution in [0.5, 0.6) is 0 Å². The number of unbranched alkanes of at least 4 members (excludes halogenated alkanes) is 14. The lowest BCUT2D eigenvalue weighted by atomic mass is 10.0. The molecule has 63 heavy (non-hydrogen) atoms. The van der Waals surface area contributed by atoms with Crippen molar-refractivity contribution in [3.05, 3.63) is 109 Å². The number of allylic oxidation sites excluding steroid dienone is 17. The van der Waals surface area contributed by atoms with Gasteiger partial charge in [-0.15, -0.1) is 0 Å². The molecule has 8 nitrogen and oxygen atoms in total. The summed E-state index contributed by atoms with van der Waals surface area (Å²) in [4.78, 5) is 25.4. The van der Waals surface area contributed by atoms with Crippen molar-refractivity contribution in [1.29, 1.82) is 0 Å². The zero-order valence-electron chi connectivity index (χ0n) is 40.7. The van der Waals surface area contributed by atoms with Crippen LogP contribution in [0, 0.1) is 0 Å². The first-order valence-corrected chi connectivity index (χ1v) is 26.2. The smallest absolute Gasteiger partial charge is 0.268 e. The molecule has 9 heteroatoms. The number of phosphoric ester groups is 1. The van der Waals surface area contributed by atoms with Gasteiger partial charge in [-0.3, -0.25) is 9.36 Å². The van der Waals surface area contributed by atoms with E-state index in [0.717, 1.165) is 83.5 Å². The minimum absolute atomic E-state index is 0.0160. The number of nitrogens with one attached hydrogen (secondary N) is 1. The average molecular weight is 897 g/mol. The van der Waals surface area contributed by atoms with Crippen LogP contribution in [0.3, 0.4) is 0 Å². The molecule has 0 radical (unpaired) electrons. The summed E-state index contributed by atoms with van der Waals surface area (Å²) in [5.41, 5.74) is 0. The van der Waals surface area contributed by atoms with Crippen molar-refractivity contribution in [2.75, 3.05) is 40.9 Å². The van der Waals surface area contributed by atoms with E-state index >= 15 is 0 Å². The minimum Gasteiger partial charge on any atom is -0.756 e. The molecular weight excluding hydrogens is 804 g/mol. The molecule has 3 unspecified atom stereocenters. The number of aliphatic hydroxyl groups is 1. The Morgan fingerprint density at radius 2 is 0.968 bits per heavy atom. The fourth-order valence-electron chi connectivity index (χ4n) is 6.34. The predicted octanol–water partition coefficient (Wildman–Crippen LogP) is 13.8. The number of hydrogen-bond acceptors (Lipinski definition) is 6. The minimum atomic E-state index is -4.61. The van der Waals surface area contributed by atoms with Crippen molar-refractivity contribution in [2.45, 2.75) is 187 Å². The monoisotopic (exact) mass is 897 g/mol. The number of aliphatic hydroxyl groups excluding tert-OH is 1. The van der Waals surface area contributed by atoms with E-state index in [2.05, 4.69) is 116 Å². The molecule has 0 saturated carbocycles. The summed E-state index contributed by atoms with van der Waals surface area (Å²) in [7, 11) is 1.21.